The molecule has 0 heterocycles. The third-order valence-electron chi connectivity index (χ3n) is 9.31. The van der Waals surface area contributed by atoms with Gasteiger partial charge < -0.3 is 14.6 Å². The lowest BCUT2D eigenvalue weighted by Crippen LogP contribution is -2.25. The van der Waals surface area contributed by atoms with E-state index in [-0.39, 0.29) is 25.2 Å². The van der Waals surface area contributed by atoms with Crippen LogP contribution in [0.25, 0.3) is 0 Å². The summed E-state index contributed by atoms with van der Waals surface area (Å²) in [5.41, 5.74) is 0. The van der Waals surface area contributed by atoms with Gasteiger partial charge in [0.15, 0.2) is 0 Å². The van der Waals surface area contributed by atoms with Crippen LogP contribution < -0.4 is 0 Å². The van der Waals surface area contributed by atoms with Gasteiger partial charge in [0.2, 0.25) is 0 Å². The van der Waals surface area contributed by atoms with E-state index in [1.165, 1.54) is 141 Å². The van der Waals surface area contributed by atoms with Crippen molar-refractivity contribution < 1.29 is 24.2 Å². The maximum atomic E-state index is 12.0. The Morgan fingerprint density at radius 3 is 1.07 bits per heavy atom. The number of aliphatic hydroxyl groups is 1. The van der Waals surface area contributed by atoms with Crippen LogP contribution in [0.4, 0.5) is 0 Å². The molecule has 0 aliphatic rings. The summed E-state index contributed by atoms with van der Waals surface area (Å²) in [5, 5.41) is 9.98. The van der Waals surface area contributed by atoms with Crippen LogP contribution in [0.3, 0.4) is 0 Å². The van der Waals surface area contributed by atoms with Gasteiger partial charge in [-0.05, 0) is 24.7 Å². The molecule has 1 unspecified atom stereocenters. The molecular weight excluding hydrogens is 560 g/mol. The number of aliphatic hydroxyl groups excluding tert-OH is 1. The number of ether oxygens (including phenoxy) is 2. The van der Waals surface area contributed by atoms with Crippen molar-refractivity contribution in [2.75, 3.05) is 13.2 Å². The maximum absolute atomic E-state index is 12.0. The molecule has 5 heteroatoms. The normalized spacial score (nSPS) is 12.8. The Morgan fingerprint density at radius 2 is 0.756 bits per heavy atom. The minimum Gasteiger partial charge on any atom is -0.463 e. The van der Waals surface area contributed by atoms with E-state index in [1.54, 1.807) is 0 Å². The first-order chi connectivity index (χ1) is 21.8. The van der Waals surface area contributed by atoms with E-state index >= 15 is 0 Å². The van der Waals surface area contributed by atoms with E-state index in [0.29, 0.717) is 12.8 Å². The van der Waals surface area contributed by atoms with Gasteiger partial charge in [-0.2, -0.15) is 0 Å². The second-order valence-electron chi connectivity index (χ2n) is 14.5. The number of unbranched alkanes of at least 4 members (excludes halogenated alkanes) is 22. The van der Waals surface area contributed by atoms with Crippen LogP contribution in [0.2, 0.25) is 0 Å². The molecule has 45 heavy (non-hydrogen) atoms. The van der Waals surface area contributed by atoms with Gasteiger partial charge in [-0.15, -0.1) is 0 Å². The average molecular weight is 639 g/mol. The summed E-state index contributed by atoms with van der Waals surface area (Å²) in [7, 11) is 0. The van der Waals surface area contributed by atoms with Crippen molar-refractivity contribution in [3.05, 3.63) is 0 Å². The molecule has 268 valence electrons. The zero-order chi connectivity index (χ0) is 33.2. The van der Waals surface area contributed by atoms with Crippen LogP contribution in [0.1, 0.15) is 214 Å². The molecule has 0 aliphatic carbocycles. The first kappa shape index (κ1) is 43.9. The highest BCUT2D eigenvalue weighted by Crippen LogP contribution is 2.17. The van der Waals surface area contributed by atoms with E-state index in [4.69, 9.17) is 9.47 Å². The third kappa shape index (κ3) is 35.6. The van der Waals surface area contributed by atoms with Crippen molar-refractivity contribution in [1.29, 1.82) is 0 Å². The largest absolute Gasteiger partial charge is 0.463 e. The fraction of sp³-hybridized carbons (Fsp3) is 0.950. The molecule has 1 N–H and O–H groups in total. The van der Waals surface area contributed by atoms with Crippen LogP contribution >= 0.6 is 0 Å². The fourth-order valence-corrected chi connectivity index (χ4v) is 5.89. The molecular formula is C40H78O5. The minimum absolute atomic E-state index is 0.110. The number of rotatable bonds is 35. The second-order valence-corrected chi connectivity index (χ2v) is 14.5. The molecule has 0 radical (unpaired) electrons. The smallest absolute Gasteiger partial charge is 0.305 e. The van der Waals surface area contributed by atoms with Gasteiger partial charge in [0.25, 0.3) is 0 Å². The Labute approximate surface area is 280 Å². The van der Waals surface area contributed by atoms with Crippen molar-refractivity contribution in [1.82, 2.24) is 0 Å². The van der Waals surface area contributed by atoms with Crippen LogP contribution in [-0.2, 0) is 19.1 Å². The fourth-order valence-electron chi connectivity index (χ4n) is 5.89. The van der Waals surface area contributed by atoms with Crippen LogP contribution in [0.5, 0.6) is 0 Å². The SMILES string of the molecule is CCC(C)CCCCCCCCCCCCCCCCCCCCC(=O)OC[C@H](O)COC(=O)CCCCCCCCC(C)C. The lowest BCUT2D eigenvalue weighted by Gasteiger charge is -2.12. The molecule has 2 atom stereocenters. The Bertz CT molecular complexity index is 634. The predicted octanol–water partition coefficient (Wildman–Crippen LogP) is 12.1. The summed E-state index contributed by atoms with van der Waals surface area (Å²) in [6, 6.07) is 0. The predicted molar refractivity (Wildman–Crippen MR) is 191 cm³/mol. The zero-order valence-electron chi connectivity index (χ0n) is 30.7. The van der Waals surface area contributed by atoms with E-state index < -0.39 is 6.10 Å². The molecule has 0 saturated carbocycles. The first-order valence-electron chi connectivity index (χ1n) is 19.8. The van der Waals surface area contributed by atoms with Crippen molar-refractivity contribution in [3.8, 4) is 0 Å². The van der Waals surface area contributed by atoms with E-state index in [9.17, 15) is 14.7 Å². The van der Waals surface area contributed by atoms with Crippen molar-refractivity contribution in [3.63, 3.8) is 0 Å². The molecule has 5 nitrogen and oxygen atoms in total. The highest BCUT2D eigenvalue weighted by atomic mass is 16.6. The van der Waals surface area contributed by atoms with Crippen molar-refractivity contribution in [2.24, 2.45) is 11.8 Å². The van der Waals surface area contributed by atoms with Crippen LogP contribution in [0.15, 0.2) is 0 Å². The van der Waals surface area contributed by atoms with E-state index in [0.717, 1.165) is 43.9 Å². The molecule has 0 aromatic carbocycles. The summed E-state index contributed by atoms with van der Waals surface area (Å²) >= 11 is 0. The van der Waals surface area contributed by atoms with Gasteiger partial charge in [-0.25, -0.2) is 0 Å². The second kappa shape index (κ2) is 34.2. The number of hydrogen-bond donors (Lipinski definition) is 1. The van der Waals surface area contributed by atoms with E-state index in [1.807, 2.05) is 0 Å². The van der Waals surface area contributed by atoms with Gasteiger partial charge in [0.1, 0.15) is 19.3 Å². The Balaban J connectivity index is 3.35. The molecule has 0 spiro atoms. The van der Waals surface area contributed by atoms with Gasteiger partial charge in [-0.3, -0.25) is 9.59 Å². The minimum atomic E-state index is -0.956. The Morgan fingerprint density at radius 1 is 0.467 bits per heavy atom. The number of carbonyl (C=O) groups is 2. The molecule has 0 fully saturated rings. The maximum Gasteiger partial charge on any atom is 0.305 e. The molecule has 0 saturated heterocycles. The first-order valence-corrected chi connectivity index (χ1v) is 19.8. The number of carbonyl (C=O) groups excluding carboxylic acids is 2. The molecule has 0 aromatic heterocycles. The van der Waals surface area contributed by atoms with Crippen molar-refractivity contribution >= 4 is 11.9 Å². The summed E-state index contributed by atoms with van der Waals surface area (Å²) in [5.74, 6) is 1.14. The highest BCUT2D eigenvalue weighted by Gasteiger charge is 2.12. The number of hydrogen-bond acceptors (Lipinski definition) is 5. The third-order valence-corrected chi connectivity index (χ3v) is 9.31. The van der Waals surface area contributed by atoms with E-state index in [2.05, 4.69) is 27.7 Å². The van der Waals surface area contributed by atoms with Gasteiger partial charge in [0.05, 0.1) is 0 Å². The van der Waals surface area contributed by atoms with Gasteiger partial charge in [-0.1, -0.05) is 188 Å². The van der Waals surface area contributed by atoms with Gasteiger partial charge in [0, 0.05) is 12.8 Å². The number of esters is 2. The monoisotopic (exact) mass is 639 g/mol. The topological polar surface area (TPSA) is 72.8 Å². The lowest BCUT2D eigenvalue weighted by atomic mass is 9.99. The quantitative estimate of drug-likeness (QED) is 0.0552. The van der Waals surface area contributed by atoms with Gasteiger partial charge >= 0.3 is 11.9 Å². The summed E-state index contributed by atoms with van der Waals surface area (Å²) in [4.78, 5) is 23.8. The molecule has 0 amide bonds. The zero-order valence-corrected chi connectivity index (χ0v) is 30.7. The lowest BCUT2D eigenvalue weighted by molar-refractivity contribution is -0.152. The molecule has 0 aliphatic heterocycles. The molecule has 0 aromatic rings. The van der Waals surface area contributed by atoms with Crippen LogP contribution in [0, 0.1) is 11.8 Å². The Hall–Kier alpha value is -1.10. The summed E-state index contributed by atoms with van der Waals surface area (Å²) in [6.45, 7) is 8.99. The van der Waals surface area contributed by atoms with Crippen LogP contribution in [-0.4, -0.2) is 36.4 Å². The van der Waals surface area contributed by atoms with Crippen molar-refractivity contribution in [2.45, 2.75) is 220 Å². The summed E-state index contributed by atoms with van der Waals surface area (Å²) < 4.78 is 10.3. The standard InChI is InChI=1S/C40H78O5/c1-5-37(4)31-27-23-18-16-14-12-10-8-6-7-9-11-13-15-17-19-24-28-32-39(42)44-34-38(41)35-45-40(43)33-29-25-21-20-22-26-30-36(2)3/h36-38,41H,5-35H2,1-4H3/t37?,38-/m0/s1. The highest BCUT2D eigenvalue weighted by molar-refractivity contribution is 5.69. The molecule has 0 rings (SSSR count). The Kier molecular flexibility index (Phi) is 33.4. The summed E-state index contributed by atoms with van der Waals surface area (Å²) in [6.07, 6.45) is 34.6. The average Bonchev–Trinajstić information content (AvgIpc) is 3.02. The molecule has 0 bridgehead atoms.